The monoisotopic (exact) mass is 202 g/mol. The summed E-state index contributed by atoms with van der Waals surface area (Å²) < 4.78 is 0. The van der Waals surface area contributed by atoms with Crippen molar-refractivity contribution in [3.63, 3.8) is 0 Å². The van der Waals surface area contributed by atoms with Gasteiger partial charge in [-0.1, -0.05) is 6.07 Å². The van der Waals surface area contributed by atoms with Crippen LogP contribution in [0.1, 0.15) is 29.8 Å². The Kier molecular flexibility index (Phi) is 1.95. The maximum Gasteiger partial charge on any atom is 0.252 e. The number of nitrogens with zero attached hydrogens (tertiary/aromatic N) is 1. The largest absolute Gasteiger partial charge is 0.343 e. The second-order valence-electron chi connectivity index (χ2n) is 4.01. The summed E-state index contributed by atoms with van der Waals surface area (Å²) in [6, 6.07) is 5.11. The third-order valence-corrected chi connectivity index (χ3v) is 2.52. The van der Waals surface area contributed by atoms with Crippen molar-refractivity contribution in [2.45, 2.75) is 19.4 Å². The Hall–Kier alpha value is -1.93. The molecule has 1 aliphatic rings. The van der Waals surface area contributed by atoms with E-state index < -0.39 is 0 Å². The molecule has 0 aliphatic carbocycles. The number of benzene rings is 1. The van der Waals surface area contributed by atoms with E-state index >= 15 is 0 Å². The van der Waals surface area contributed by atoms with Crippen LogP contribution < -0.4 is 5.32 Å². The molecule has 1 aromatic carbocycles. The summed E-state index contributed by atoms with van der Waals surface area (Å²) in [7, 11) is 0. The van der Waals surface area contributed by atoms with Gasteiger partial charge in [0.05, 0.1) is 11.2 Å². The number of hydrogen-bond donors (Lipinski definition) is 1. The quantitative estimate of drug-likeness (QED) is 0.555. The molecule has 0 saturated carbocycles. The van der Waals surface area contributed by atoms with Gasteiger partial charge in [-0.05, 0) is 31.5 Å². The molecule has 2 rings (SSSR count). The molecule has 0 unspecified atom stereocenters. The summed E-state index contributed by atoms with van der Waals surface area (Å²) in [4.78, 5) is 25.2. The average Bonchev–Trinajstić information content (AvgIpc) is 2.38. The number of amides is 1. The molecule has 0 aromatic heterocycles. The first-order valence-electron chi connectivity index (χ1n) is 4.59. The molecule has 4 nitrogen and oxygen atoms in total. The van der Waals surface area contributed by atoms with Crippen molar-refractivity contribution in [2.24, 2.45) is 4.99 Å². The Bertz CT molecular complexity index is 485. The summed E-state index contributed by atoms with van der Waals surface area (Å²) in [5.41, 5.74) is 1.61. The van der Waals surface area contributed by atoms with Crippen molar-refractivity contribution >= 4 is 17.7 Å². The SMILES string of the molecule is CC1(C)NC(=O)c2cc(N=C=O)ccc21. The average molecular weight is 202 g/mol. The van der Waals surface area contributed by atoms with Crippen LogP contribution in [0.2, 0.25) is 0 Å². The van der Waals surface area contributed by atoms with E-state index in [-0.39, 0.29) is 11.4 Å². The highest BCUT2D eigenvalue weighted by Gasteiger charge is 2.34. The first-order valence-corrected chi connectivity index (χ1v) is 4.59. The van der Waals surface area contributed by atoms with Crippen molar-refractivity contribution in [1.82, 2.24) is 5.32 Å². The molecule has 15 heavy (non-hydrogen) atoms. The lowest BCUT2D eigenvalue weighted by atomic mass is 9.94. The minimum atomic E-state index is -0.351. The fraction of sp³-hybridized carbons (Fsp3) is 0.273. The van der Waals surface area contributed by atoms with E-state index in [1.165, 1.54) is 6.08 Å². The van der Waals surface area contributed by atoms with E-state index in [2.05, 4.69) is 10.3 Å². The molecule has 1 aliphatic heterocycles. The predicted molar refractivity (Wildman–Crippen MR) is 54.7 cm³/mol. The lowest BCUT2D eigenvalue weighted by Crippen LogP contribution is -2.32. The standard InChI is InChI=1S/C11H10N2O2/c1-11(2)9-4-3-7(12-6-14)5-8(9)10(15)13-11/h3-5H,1-2H3,(H,13,15). The van der Waals surface area contributed by atoms with Gasteiger partial charge in [-0.15, -0.1) is 0 Å². The van der Waals surface area contributed by atoms with Gasteiger partial charge < -0.3 is 5.32 Å². The van der Waals surface area contributed by atoms with Crippen LogP contribution in [0.3, 0.4) is 0 Å². The summed E-state index contributed by atoms with van der Waals surface area (Å²) >= 11 is 0. The molecule has 0 saturated heterocycles. The van der Waals surface area contributed by atoms with E-state index in [1.54, 1.807) is 12.1 Å². The first-order chi connectivity index (χ1) is 7.04. The van der Waals surface area contributed by atoms with Gasteiger partial charge >= 0.3 is 0 Å². The first kappa shape index (κ1) is 9.62. The molecule has 0 fully saturated rings. The van der Waals surface area contributed by atoms with Crippen LogP contribution in [0.15, 0.2) is 23.2 Å². The molecule has 1 aromatic rings. The molecule has 0 radical (unpaired) electrons. The highest BCUT2D eigenvalue weighted by atomic mass is 16.2. The highest BCUT2D eigenvalue weighted by Crippen LogP contribution is 2.32. The van der Waals surface area contributed by atoms with Crippen LogP contribution in [0.5, 0.6) is 0 Å². The maximum absolute atomic E-state index is 11.6. The van der Waals surface area contributed by atoms with E-state index in [9.17, 15) is 9.59 Å². The van der Waals surface area contributed by atoms with Crippen LogP contribution in [0.4, 0.5) is 5.69 Å². The smallest absolute Gasteiger partial charge is 0.252 e. The normalized spacial score (nSPS) is 16.5. The lowest BCUT2D eigenvalue weighted by Gasteiger charge is -2.18. The molecule has 0 atom stereocenters. The van der Waals surface area contributed by atoms with Crippen molar-refractivity contribution < 1.29 is 9.59 Å². The summed E-state index contributed by atoms with van der Waals surface area (Å²) in [5, 5.41) is 2.85. The number of hydrogen-bond acceptors (Lipinski definition) is 3. The Morgan fingerprint density at radius 1 is 1.40 bits per heavy atom. The van der Waals surface area contributed by atoms with Crippen molar-refractivity contribution in [3.05, 3.63) is 29.3 Å². The van der Waals surface area contributed by atoms with Gasteiger partial charge in [-0.2, -0.15) is 4.99 Å². The minimum absolute atomic E-state index is 0.127. The van der Waals surface area contributed by atoms with Crippen molar-refractivity contribution in [2.75, 3.05) is 0 Å². The van der Waals surface area contributed by atoms with Gasteiger partial charge in [0.1, 0.15) is 0 Å². The number of nitrogens with one attached hydrogen (secondary N) is 1. The van der Waals surface area contributed by atoms with Crippen LogP contribution in [-0.4, -0.2) is 12.0 Å². The van der Waals surface area contributed by atoms with Crippen LogP contribution >= 0.6 is 0 Å². The van der Waals surface area contributed by atoms with Gasteiger partial charge in [-0.25, -0.2) is 4.79 Å². The Labute approximate surface area is 87.0 Å². The molecular formula is C11H10N2O2. The molecule has 4 heteroatoms. The third-order valence-electron chi connectivity index (χ3n) is 2.52. The zero-order valence-electron chi connectivity index (χ0n) is 8.50. The van der Waals surface area contributed by atoms with Crippen molar-refractivity contribution in [1.29, 1.82) is 0 Å². The van der Waals surface area contributed by atoms with Crippen molar-refractivity contribution in [3.8, 4) is 0 Å². The van der Waals surface area contributed by atoms with Crippen LogP contribution in [0.25, 0.3) is 0 Å². The number of carbonyl (C=O) groups excluding carboxylic acids is 2. The van der Waals surface area contributed by atoms with E-state index in [1.807, 2.05) is 19.9 Å². The zero-order chi connectivity index (χ0) is 11.1. The number of fused-ring (bicyclic) bond motifs is 1. The Morgan fingerprint density at radius 3 is 2.80 bits per heavy atom. The minimum Gasteiger partial charge on any atom is -0.343 e. The lowest BCUT2D eigenvalue weighted by molar-refractivity contribution is 0.0940. The van der Waals surface area contributed by atoms with Gasteiger partial charge in [0.2, 0.25) is 6.08 Å². The van der Waals surface area contributed by atoms with Gasteiger partial charge in [-0.3, -0.25) is 4.79 Å². The topological polar surface area (TPSA) is 58.5 Å². The second kappa shape index (κ2) is 3.04. The van der Waals surface area contributed by atoms with Crippen LogP contribution in [-0.2, 0) is 10.3 Å². The number of aliphatic imine (C=N–C) groups is 1. The zero-order valence-corrected chi connectivity index (χ0v) is 8.50. The van der Waals surface area contributed by atoms with E-state index in [0.717, 1.165) is 5.56 Å². The molecule has 1 amide bonds. The maximum atomic E-state index is 11.6. The molecular weight excluding hydrogens is 192 g/mol. The molecule has 76 valence electrons. The summed E-state index contributed by atoms with van der Waals surface area (Å²) in [6.45, 7) is 3.86. The summed E-state index contributed by atoms with van der Waals surface area (Å²) in [6.07, 6.45) is 1.45. The predicted octanol–water partition coefficient (Wildman–Crippen LogP) is 1.63. The number of carbonyl (C=O) groups is 1. The Morgan fingerprint density at radius 2 is 2.13 bits per heavy atom. The molecule has 1 N–H and O–H groups in total. The van der Waals surface area contributed by atoms with E-state index in [4.69, 9.17) is 0 Å². The van der Waals surface area contributed by atoms with Gasteiger partial charge in [0.15, 0.2) is 0 Å². The van der Waals surface area contributed by atoms with Gasteiger partial charge in [0.25, 0.3) is 5.91 Å². The van der Waals surface area contributed by atoms with Gasteiger partial charge in [0, 0.05) is 5.56 Å². The molecule has 0 spiro atoms. The number of rotatable bonds is 1. The van der Waals surface area contributed by atoms with E-state index in [0.29, 0.717) is 11.3 Å². The fourth-order valence-electron chi connectivity index (χ4n) is 1.81. The highest BCUT2D eigenvalue weighted by molar-refractivity contribution is 6.00. The fourth-order valence-corrected chi connectivity index (χ4v) is 1.81. The Balaban J connectivity index is 2.60. The second-order valence-corrected chi connectivity index (χ2v) is 4.01. The summed E-state index contributed by atoms with van der Waals surface area (Å²) in [5.74, 6) is -0.127. The third kappa shape index (κ3) is 1.45. The van der Waals surface area contributed by atoms with Crippen LogP contribution in [0, 0.1) is 0 Å². The number of isocyanates is 1. The molecule has 0 bridgehead atoms. The molecule has 1 heterocycles.